The Morgan fingerprint density at radius 1 is 1.07 bits per heavy atom. The third-order valence-electron chi connectivity index (χ3n) is 5.06. The van der Waals surface area contributed by atoms with Crippen LogP contribution in [0.1, 0.15) is 12.5 Å². The van der Waals surface area contributed by atoms with Crippen molar-refractivity contribution in [2.24, 2.45) is 19.2 Å². The van der Waals surface area contributed by atoms with Gasteiger partial charge >= 0.3 is 5.69 Å². The Labute approximate surface area is 170 Å². The van der Waals surface area contributed by atoms with Crippen molar-refractivity contribution in [3.63, 3.8) is 0 Å². The third-order valence-corrected chi connectivity index (χ3v) is 5.06. The highest BCUT2D eigenvalue weighted by molar-refractivity contribution is 6.09. The quantitative estimate of drug-likeness (QED) is 0.407. The zero-order chi connectivity index (χ0) is 21.4. The van der Waals surface area contributed by atoms with Gasteiger partial charge in [0, 0.05) is 19.7 Å². The highest BCUT2D eigenvalue weighted by Crippen LogP contribution is 2.19. The van der Waals surface area contributed by atoms with Gasteiger partial charge in [-0.25, -0.2) is 15.2 Å². The number of hydrazone groups is 1. The van der Waals surface area contributed by atoms with Crippen LogP contribution in [0.5, 0.6) is 0 Å². The van der Waals surface area contributed by atoms with E-state index in [1.54, 1.807) is 0 Å². The summed E-state index contributed by atoms with van der Waals surface area (Å²) in [5.74, 6) is -0.412. The minimum atomic E-state index is -0.506. The fourth-order valence-electron chi connectivity index (χ4n) is 3.45. The van der Waals surface area contributed by atoms with Crippen LogP contribution in [0.2, 0.25) is 0 Å². The van der Waals surface area contributed by atoms with E-state index in [1.807, 2.05) is 49.4 Å². The summed E-state index contributed by atoms with van der Waals surface area (Å²) in [6, 6.07) is 13.8. The number of amides is 1. The number of benzene rings is 2. The Kier molecular flexibility index (Phi) is 4.78. The molecule has 152 valence electrons. The smallest absolute Gasteiger partial charge is 0.315 e. The zero-order valence-electron chi connectivity index (χ0n) is 16.8. The molecule has 0 spiro atoms. The van der Waals surface area contributed by atoms with Crippen molar-refractivity contribution in [1.82, 2.24) is 24.1 Å². The van der Waals surface area contributed by atoms with Crippen LogP contribution in [-0.2, 0) is 25.4 Å². The summed E-state index contributed by atoms with van der Waals surface area (Å²) in [7, 11) is 2.92. The number of aryl methyl sites for hydroxylation is 1. The van der Waals surface area contributed by atoms with Crippen LogP contribution in [0.4, 0.5) is 0 Å². The summed E-state index contributed by atoms with van der Waals surface area (Å²) in [5, 5.41) is 6.35. The van der Waals surface area contributed by atoms with Gasteiger partial charge in [-0.15, -0.1) is 0 Å². The standard InChI is InChI=1S/C21H20N6O3/c1-13(15-10-6-8-14-7-4-5-9-16(14)15)23-24-17(28)11-27-12-22-19-18(27)20(29)26(3)21(30)25(19)2/h4-10,12H,11H2,1-3H3,(H,24,28). The number of nitrogens with zero attached hydrogens (tertiary/aromatic N) is 5. The predicted octanol–water partition coefficient (Wildman–Crippen LogP) is 1.13. The molecule has 2 heterocycles. The number of aromatic nitrogens is 4. The van der Waals surface area contributed by atoms with Crippen molar-refractivity contribution < 1.29 is 4.79 Å². The van der Waals surface area contributed by atoms with Crippen LogP contribution >= 0.6 is 0 Å². The Morgan fingerprint density at radius 2 is 1.80 bits per heavy atom. The average Bonchev–Trinajstić information content (AvgIpc) is 3.17. The molecule has 0 aliphatic rings. The van der Waals surface area contributed by atoms with E-state index in [0.29, 0.717) is 5.71 Å². The van der Waals surface area contributed by atoms with Crippen molar-refractivity contribution in [1.29, 1.82) is 0 Å². The molecule has 9 nitrogen and oxygen atoms in total. The first kappa shape index (κ1) is 19.3. The predicted molar refractivity (Wildman–Crippen MR) is 115 cm³/mol. The van der Waals surface area contributed by atoms with Crippen LogP contribution in [0.3, 0.4) is 0 Å². The van der Waals surface area contributed by atoms with Gasteiger partial charge in [0.2, 0.25) is 0 Å². The SMILES string of the molecule is CC(=NNC(=O)Cn1cnc2c1c(=O)n(C)c(=O)n2C)c1cccc2ccccc12. The van der Waals surface area contributed by atoms with Crippen LogP contribution in [0.25, 0.3) is 21.9 Å². The molecule has 0 saturated heterocycles. The third kappa shape index (κ3) is 3.20. The number of carbonyl (C=O) groups is 1. The molecule has 30 heavy (non-hydrogen) atoms. The lowest BCUT2D eigenvalue weighted by atomic mass is 10.0. The molecular weight excluding hydrogens is 384 g/mol. The average molecular weight is 404 g/mol. The molecule has 0 unspecified atom stereocenters. The van der Waals surface area contributed by atoms with E-state index < -0.39 is 17.2 Å². The highest BCUT2D eigenvalue weighted by atomic mass is 16.2. The lowest BCUT2D eigenvalue weighted by Gasteiger charge is -2.08. The maximum Gasteiger partial charge on any atom is 0.332 e. The zero-order valence-corrected chi connectivity index (χ0v) is 16.8. The number of imidazole rings is 1. The Hall–Kier alpha value is -4.01. The number of hydrogen-bond acceptors (Lipinski definition) is 5. The number of fused-ring (bicyclic) bond motifs is 2. The first-order valence-corrected chi connectivity index (χ1v) is 9.30. The largest absolute Gasteiger partial charge is 0.332 e. The van der Waals surface area contributed by atoms with E-state index >= 15 is 0 Å². The molecule has 4 rings (SSSR count). The number of rotatable bonds is 4. The van der Waals surface area contributed by atoms with Gasteiger partial charge in [-0.3, -0.25) is 18.7 Å². The number of nitrogens with one attached hydrogen (secondary N) is 1. The molecular formula is C21H20N6O3. The summed E-state index contributed by atoms with van der Waals surface area (Å²) in [6.07, 6.45) is 1.37. The van der Waals surface area contributed by atoms with Gasteiger partial charge in [0.05, 0.1) is 12.0 Å². The van der Waals surface area contributed by atoms with E-state index in [2.05, 4.69) is 15.5 Å². The molecule has 2 aromatic carbocycles. The van der Waals surface area contributed by atoms with Gasteiger partial charge in [0.1, 0.15) is 6.54 Å². The molecule has 1 amide bonds. The summed E-state index contributed by atoms with van der Waals surface area (Å²) in [4.78, 5) is 41.1. The maximum atomic E-state index is 12.5. The van der Waals surface area contributed by atoms with Crippen LogP contribution in [0, 0.1) is 0 Å². The molecule has 0 atom stereocenters. The maximum absolute atomic E-state index is 12.5. The van der Waals surface area contributed by atoms with Crippen LogP contribution < -0.4 is 16.7 Å². The topological polar surface area (TPSA) is 103 Å². The second-order valence-electron chi connectivity index (χ2n) is 7.01. The van der Waals surface area contributed by atoms with E-state index in [9.17, 15) is 14.4 Å². The monoisotopic (exact) mass is 404 g/mol. The molecule has 1 N–H and O–H groups in total. The first-order valence-electron chi connectivity index (χ1n) is 9.30. The van der Waals surface area contributed by atoms with E-state index in [1.165, 1.54) is 29.6 Å². The first-order chi connectivity index (χ1) is 14.4. The molecule has 2 aromatic heterocycles. The van der Waals surface area contributed by atoms with Crippen LogP contribution in [0.15, 0.2) is 63.5 Å². The highest BCUT2D eigenvalue weighted by Gasteiger charge is 2.16. The second-order valence-corrected chi connectivity index (χ2v) is 7.01. The fraction of sp³-hybridized carbons (Fsp3) is 0.190. The van der Waals surface area contributed by atoms with Crippen molar-refractivity contribution >= 4 is 33.6 Å². The summed E-state index contributed by atoms with van der Waals surface area (Å²) < 4.78 is 3.67. The molecule has 4 aromatic rings. The van der Waals surface area contributed by atoms with Gasteiger partial charge in [-0.05, 0) is 17.7 Å². The van der Waals surface area contributed by atoms with Crippen molar-refractivity contribution in [3.8, 4) is 0 Å². The second kappa shape index (κ2) is 7.43. The summed E-state index contributed by atoms with van der Waals surface area (Å²) in [5.41, 5.74) is 3.55. The Morgan fingerprint density at radius 3 is 2.60 bits per heavy atom. The molecule has 0 bridgehead atoms. The van der Waals surface area contributed by atoms with Gasteiger partial charge in [-0.2, -0.15) is 5.10 Å². The van der Waals surface area contributed by atoms with Gasteiger partial charge in [0.25, 0.3) is 11.5 Å². The Bertz CT molecular complexity index is 1440. The number of carbonyl (C=O) groups excluding carboxylic acids is 1. The minimum absolute atomic E-state index is 0.156. The Balaban J connectivity index is 1.60. The van der Waals surface area contributed by atoms with E-state index in [0.717, 1.165) is 20.9 Å². The van der Waals surface area contributed by atoms with Crippen LogP contribution in [-0.4, -0.2) is 30.3 Å². The van der Waals surface area contributed by atoms with Crippen molar-refractivity contribution in [2.45, 2.75) is 13.5 Å². The molecule has 0 aliphatic heterocycles. The van der Waals surface area contributed by atoms with E-state index in [-0.39, 0.29) is 17.7 Å². The van der Waals surface area contributed by atoms with Gasteiger partial charge in [0.15, 0.2) is 11.2 Å². The van der Waals surface area contributed by atoms with Gasteiger partial charge < -0.3 is 4.57 Å². The normalized spacial score (nSPS) is 11.9. The van der Waals surface area contributed by atoms with E-state index in [4.69, 9.17) is 0 Å². The van der Waals surface area contributed by atoms with Crippen molar-refractivity contribution in [2.75, 3.05) is 0 Å². The molecule has 0 radical (unpaired) electrons. The lowest BCUT2D eigenvalue weighted by Crippen LogP contribution is -2.38. The fourth-order valence-corrected chi connectivity index (χ4v) is 3.45. The molecule has 9 heteroatoms. The number of hydrogen-bond donors (Lipinski definition) is 1. The minimum Gasteiger partial charge on any atom is -0.315 e. The summed E-state index contributed by atoms with van der Waals surface area (Å²) in [6.45, 7) is 1.66. The van der Waals surface area contributed by atoms with Crippen molar-refractivity contribution in [3.05, 3.63) is 75.2 Å². The lowest BCUT2D eigenvalue weighted by molar-refractivity contribution is -0.121. The molecule has 0 aliphatic carbocycles. The molecule has 0 fully saturated rings. The molecule has 0 saturated carbocycles. The van der Waals surface area contributed by atoms with Gasteiger partial charge in [-0.1, -0.05) is 42.5 Å². The summed E-state index contributed by atoms with van der Waals surface area (Å²) >= 11 is 0.